The van der Waals surface area contributed by atoms with E-state index in [9.17, 15) is 33.9 Å². The van der Waals surface area contributed by atoms with Crippen molar-refractivity contribution in [2.24, 2.45) is 11.5 Å². The first-order valence-electron chi connectivity index (χ1n) is 12.4. The minimum atomic E-state index is -1.40. The van der Waals surface area contributed by atoms with Crippen LogP contribution in [-0.2, 0) is 41.6 Å². The number of carboxylic acids is 2. The molecular weight excluding hydrogens is 526 g/mol. The van der Waals surface area contributed by atoms with Crippen LogP contribution in [0.3, 0.4) is 0 Å². The summed E-state index contributed by atoms with van der Waals surface area (Å²) in [6, 6.07) is 3.38. The number of aliphatic carboxylic acids is 2. The third kappa shape index (κ3) is 10.9. The average molecular weight is 560 g/mol. The molecule has 216 valence electrons. The van der Waals surface area contributed by atoms with Gasteiger partial charge in [-0.1, -0.05) is 30.3 Å². The van der Waals surface area contributed by atoms with Gasteiger partial charge in [0, 0.05) is 37.6 Å². The Bertz CT molecular complexity index is 1170. The molecule has 0 aliphatic heterocycles. The first-order valence-corrected chi connectivity index (χ1v) is 12.4. The highest BCUT2D eigenvalue weighted by Crippen LogP contribution is 2.07. The monoisotopic (exact) mass is 559 g/mol. The Kier molecular flexibility index (Phi) is 12.2. The molecule has 40 heavy (non-hydrogen) atoms. The summed E-state index contributed by atoms with van der Waals surface area (Å²) >= 11 is 0. The van der Waals surface area contributed by atoms with Gasteiger partial charge in [0.15, 0.2) is 0 Å². The normalized spacial score (nSPS) is 13.7. The largest absolute Gasteiger partial charge is 0.481 e. The second-order valence-electron chi connectivity index (χ2n) is 9.04. The molecule has 0 fully saturated rings. The third-order valence-electron chi connectivity index (χ3n) is 5.83. The molecule has 2 rings (SSSR count). The average Bonchev–Trinajstić information content (AvgIpc) is 3.42. The highest BCUT2D eigenvalue weighted by molar-refractivity contribution is 5.94. The van der Waals surface area contributed by atoms with Crippen LogP contribution in [0.5, 0.6) is 0 Å². The quantitative estimate of drug-likeness (QED) is 0.108. The smallest absolute Gasteiger partial charge is 0.326 e. The van der Waals surface area contributed by atoms with E-state index in [4.69, 9.17) is 16.6 Å². The van der Waals surface area contributed by atoms with Crippen LogP contribution in [-0.4, -0.2) is 79.9 Å². The maximum absolute atomic E-state index is 13.2. The number of hydrogen-bond donors (Lipinski definition) is 8. The van der Waals surface area contributed by atoms with Gasteiger partial charge < -0.3 is 42.6 Å². The Morgan fingerprint density at radius 1 is 0.825 bits per heavy atom. The number of nitrogens with two attached hydrogens (primary N) is 2. The van der Waals surface area contributed by atoms with Gasteiger partial charge in [0.05, 0.1) is 12.4 Å². The number of rotatable bonds is 17. The van der Waals surface area contributed by atoms with E-state index in [-0.39, 0.29) is 32.1 Å². The summed E-state index contributed by atoms with van der Waals surface area (Å²) in [5, 5.41) is 26.0. The van der Waals surface area contributed by atoms with Crippen LogP contribution in [0.2, 0.25) is 0 Å². The molecule has 0 spiro atoms. The van der Waals surface area contributed by atoms with E-state index < -0.39 is 66.2 Å². The van der Waals surface area contributed by atoms with Gasteiger partial charge in [0.1, 0.15) is 18.1 Å². The van der Waals surface area contributed by atoms with Crippen molar-refractivity contribution in [3.63, 3.8) is 0 Å². The second-order valence-corrected chi connectivity index (χ2v) is 9.04. The van der Waals surface area contributed by atoms with Crippen molar-refractivity contribution >= 4 is 35.6 Å². The van der Waals surface area contributed by atoms with Gasteiger partial charge in [-0.05, 0) is 18.4 Å². The van der Waals surface area contributed by atoms with Crippen LogP contribution in [0, 0.1) is 0 Å². The number of hydrogen-bond acceptors (Lipinski definition) is 8. The standard InChI is InChI=1S/C25H33N7O8/c26-16(6-8-20(27)33)22(36)30-17(7-9-21(34)35)23(37)31-18(11-15-12-28-13-29-15)24(38)32-19(25(39)40)10-14-4-2-1-3-5-14/h1-5,12-13,16-19H,6-11,26H2,(H2,27,33)(H,28,29)(H,30,36)(H,31,37)(H,32,38)(H,34,35)(H,39,40). The summed E-state index contributed by atoms with van der Waals surface area (Å²) in [5.74, 6) is -5.75. The van der Waals surface area contributed by atoms with E-state index >= 15 is 0 Å². The summed E-state index contributed by atoms with van der Waals surface area (Å²) in [6.07, 6.45) is 1.51. The van der Waals surface area contributed by atoms with E-state index in [1.807, 2.05) is 0 Å². The maximum Gasteiger partial charge on any atom is 0.326 e. The van der Waals surface area contributed by atoms with Crippen LogP contribution < -0.4 is 27.4 Å². The van der Waals surface area contributed by atoms with Crippen molar-refractivity contribution < 1.29 is 39.0 Å². The molecule has 1 heterocycles. The Balaban J connectivity index is 2.20. The number of aromatic nitrogens is 2. The van der Waals surface area contributed by atoms with E-state index in [1.54, 1.807) is 30.3 Å². The SMILES string of the molecule is NC(=O)CCC(N)C(=O)NC(CCC(=O)O)C(=O)NC(Cc1cnc[nH]1)C(=O)NC(Cc1ccccc1)C(=O)O. The maximum atomic E-state index is 13.2. The van der Waals surface area contributed by atoms with Crippen LogP contribution in [0.4, 0.5) is 0 Å². The lowest BCUT2D eigenvalue weighted by Crippen LogP contribution is -2.58. The lowest BCUT2D eigenvalue weighted by atomic mass is 10.0. The molecule has 4 unspecified atom stereocenters. The van der Waals surface area contributed by atoms with Gasteiger partial charge in [0.2, 0.25) is 23.6 Å². The fourth-order valence-electron chi connectivity index (χ4n) is 3.66. The summed E-state index contributed by atoms with van der Waals surface area (Å²) in [5.41, 5.74) is 11.9. The second kappa shape index (κ2) is 15.6. The zero-order chi connectivity index (χ0) is 29.7. The summed E-state index contributed by atoms with van der Waals surface area (Å²) in [7, 11) is 0. The molecule has 0 aliphatic rings. The van der Waals surface area contributed by atoms with Gasteiger partial charge in [-0.3, -0.25) is 24.0 Å². The van der Waals surface area contributed by atoms with Crippen molar-refractivity contribution in [2.75, 3.05) is 0 Å². The zero-order valence-electron chi connectivity index (χ0n) is 21.5. The molecule has 0 saturated carbocycles. The predicted octanol–water partition coefficient (Wildman–Crippen LogP) is -1.81. The van der Waals surface area contributed by atoms with E-state index in [2.05, 4.69) is 25.9 Å². The Labute approximate surface area is 229 Å². The highest BCUT2D eigenvalue weighted by atomic mass is 16.4. The van der Waals surface area contributed by atoms with Gasteiger partial charge in [0.25, 0.3) is 0 Å². The number of carbonyl (C=O) groups excluding carboxylic acids is 4. The van der Waals surface area contributed by atoms with Crippen LogP contribution >= 0.6 is 0 Å². The van der Waals surface area contributed by atoms with Crippen LogP contribution in [0.25, 0.3) is 0 Å². The fraction of sp³-hybridized carbons (Fsp3) is 0.400. The van der Waals surface area contributed by atoms with E-state index in [0.29, 0.717) is 11.3 Å². The molecule has 1 aromatic carbocycles. The van der Waals surface area contributed by atoms with Crippen molar-refractivity contribution in [2.45, 2.75) is 62.7 Å². The van der Waals surface area contributed by atoms with Crippen molar-refractivity contribution in [1.29, 1.82) is 0 Å². The number of carbonyl (C=O) groups is 6. The molecule has 4 atom stereocenters. The molecule has 0 aliphatic carbocycles. The highest BCUT2D eigenvalue weighted by Gasteiger charge is 2.31. The molecule has 2 aromatic rings. The molecule has 0 bridgehead atoms. The third-order valence-corrected chi connectivity index (χ3v) is 5.83. The number of nitrogens with one attached hydrogen (secondary N) is 4. The van der Waals surface area contributed by atoms with Gasteiger partial charge >= 0.3 is 11.9 Å². The Hall–Kier alpha value is -4.79. The number of aromatic amines is 1. The van der Waals surface area contributed by atoms with Gasteiger partial charge in [-0.25, -0.2) is 9.78 Å². The Morgan fingerprint density at radius 2 is 1.45 bits per heavy atom. The molecule has 15 nitrogen and oxygen atoms in total. The lowest BCUT2D eigenvalue weighted by molar-refractivity contribution is -0.142. The lowest BCUT2D eigenvalue weighted by Gasteiger charge is -2.25. The number of primary amides is 1. The van der Waals surface area contributed by atoms with Crippen molar-refractivity contribution in [1.82, 2.24) is 25.9 Å². The minimum absolute atomic E-state index is 0.0207. The number of nitrogens with zero attached hydrogens (tertiary/aromatic N) is 1. The molecule has 10 N–H and O–H groups in total. The van der Waals surface area contributed by atoms with Crippen molar-refractivity contribution in [3.8, 4) is 0 Å². The number of H-pyrrole nitrogens is 1. The molecule has 4 amide bonds. The number of benzene rings is 1. The number of imidazole rings is 1. The number of amides is 4. The molecule has 15 heteroatoms. The molecule has 0 radical (unpaired) electrons. The predicted molar refractivity (Wildman–Crippen MR) is 139 cm³/mol. The molecular formula is C25H33N7O8. The summed E-state index contributed by atoms with van der Waals surface area (Å²) in [4.78, 5) is 79.6. The molecule has 0 saturated heterocycles. The first kappa shape index (κ1) is 31.4. The number of carboxylic acid groups (broad SMARTS) is 2. The fourth-order valence-corrected chi connectivity index (χ4v) is 3.66. The Morgan fingerprint density at radius 3 is 2.02 bits per heavy atom. The summed E-state index contributed by atoms with van der Waals surface area (Å²) in [6.45, 7) is 0. The topological polar surface area (TPSA) is 260 Å². The minimum Gasteiger partial charge on any atom is -0.481 e. The first-order chi connectivity index (χ1) is 19.0. The van der Waals surface area contributed by atoms with E-state index in [1.165, 1.54) is 12.5 Å². The van der Waals surface area contributed by atoms with Crippen molar-refractivity contribution in [3.05, 3.63) is 54.1 Å². The molecule has 1 aromatic heterocycles. The van der Waals surface area contributed by atoms with E-state index in [0.717, 1.165) is 0 Å². The van der Waals surface area contributed by atoms with Crippen LogP contribution in [0.15, 0.2) is 42.9 Å². The summed E-state index contributed by atoms with van der Waals surface area (Å²) < 4.78 is 0. The van der Waals surface area contributed by atoms with Gasteiger partial charge in [-0.15, -0.1) is 0 Å². The zero-order valence-corrected chi connectivity index (χ0v) is 21.5. The van der Waals surface area contributed by atoms with Crippen LogP contribution in [0.1, 0.15) is 36.9 Å². The van der Waals surface area contributed by atoms with Gasteiger partial charge in [-0.2, -0.15) is 0 Å².